The molecule has 0 unspecified atom stereocenters. The Balaban J connectivity index is 1.65. The zero-order chi connectivity index (χ0) is 19.6. The number of carbonyl (C=O) groups is 3. The molecule has 3 rings (SSSR count). The van der Waals surface area contributed by atoms with Crippen molar-refractivity contribution in [3.63, 3.8) is 0 Å². The zero-order valence-electron chi connectivity index (χ0n) is 15.2. The summed E-state index contributed by atoms with van der Waals surface area (Å²) in [5.74, 6) is -0.496. The Bertz CT molecular complexity index is 889. The van der Waals surface area contributed by atoms with Crippen molar-refractivity contribution in [1.82, 2.24) is 5.32 Å². The standard InChI is InChI=1S/C19H21N3O5/c1-11-3-5-15(26-2)14(7-11)22-10-12(8-17(22)23)19(25)21-9-13-4-6-16(27-13)18(20)24/h3-7,12H,8-10H2,1-2H3,(H2,20,24)(H,21,25)/t12-/m0/s1. The van der Waals surface area contributed by atoms with Crippen LogP contribution in [-0.4, -0.2) is 31.4 Å². The fourth-order valence-corrected chi connectivity index (χ4v) is 3.05. The van der Waals surface area contributed by atoms with Crippen LogP contribution >= 0.6 is 0 Å². The van der Waals surface area contributed by atoms with Gasteiger partial charge < -0.3 is 25.1 Å². The Morgan fingerprint density at radius 1 is 1.33 bits per heavy atom. The Hall–Kier alpha value is -3.29. The number of hydrogen-bond donors (Lipinski definition) is 2. The first-order chi connectivity index (χ1) is 12.9. The van der Waals surface area contributed by atoms with E-state index in [0.717, 1.165) is 5.56 Å². The van der Waals surface area contributed by atoms with Crippen LogP contribution in [0.2, 0.25) is 0 Å². The molecule has 1 aliphatic rings. The maximum Gasteiger partial charge on any atom is 0.284 e. The summed E-state index contributed by atoms with van der Waals surface area (Å²) < 4.78 is 10.6. The second-order valence-corrected chi connectivity index (χ2v) is 6.43. The number of methoxy groups -OCH3 is 1. The van der Waals surface area contributed by atoms with Crippen molar-refractivity contribution in [2.45, 2.75) is 19.9 Å². The lowest BCUT2D eigenvalue weighted by Crippen LogP contribution is -2.32. The maximum atomic E-state index is 12.4. The molecule has 8 heteroatoms. The third-order valence-corrected chi connectivity index (χ3v) is 4.46. The molecule has 2 heterocycles. The molecule has 3 N–H and O–H groups in total. The summed E-state index contributed by atoms with van der Waals surface area (Å²) in [4.78, 5) is 37.5. The minimum atomic E-state index is -0.670. The van der Waals surface area contributed by atoms with Gasteiger partial charge in [0.1, 0.15) is 11.5 Å². The number of hydrogen-bond acceptors (Lipinski definition) is 5. The van der Waals surface area contributed by atoms with E-state index in [1.165, 1.54) is 6.07 Å². The second kappa shape index (κ2) is 7.53. The fourth-order valence-electron chi connectivity index (χ4n) is 3.05. The van der Waals surface area contributed by atoms with E-state index in [1.54, 1.807) is 24.1 Å². The molecule has 1 saturated heterocycles. The summed E-state index contributed by atoms with van der Waals surface area (Å²) in [5, 5.41) is 2.73. The van der Waals surface area contributed by atoms with Crippen LogP contribution in [0.25, 0.3) is 0 Å². The third kappa shape index (κ3) is 3.94. The molecular weight excluding hydrogens is 350 g/mol. The van der Waals surface area contributed by atoms with E-state index in [1.807, 2.05) is 19.1 Å². The lowest BCUT2D eigenvalue weighted by atomic mass is 10.1. The topological polar surface area (TPSA) is 115 Å². The molecule has 0 saturated carbocycles. The Labute approximate surface area is 156 Å². The summed E-state index contributed by atoms with van der Waals surface area (Å²) in [7, 11) is 1.54. The van der Waals surface area contributed by atoms with Crippen LogP contribution in [0.4, 0.5) is 5.69 Å². The first kappa shape index (κ1) is 18.5. The second-order valence-electron chi connectivity index (χ2n) is 6.43. The SMILES string of the molecule is COc1ccc(C)cc1N1C[C@@H](C(=O)NCc2ccc(C(N)=O)o2)CC1=O. The summed E-state index contributed by atoms with van der Waals surface area (Å²) in [6.45, 7) is 2.32. The summed E-state index contributed by atoms with van der Waals surface area (Å²) in [6, 6.07) is 8.60. The minimum absolute atomic E-state index is 0.0352. The molecule has 0 aliphatic carbocycles. The average Bonchev–Trinajstić information content (AvgIpc) is 3.26. The van der Waals surface area contributed by atoms with Crippen LogP contribution in [0.15, 0.2) is 34.7 Å². The van der Waals surface area contributed by atoms with E-state index in [9.17, 15) is 14.4 Å². The lowest BCUT2D eigenvalue weighted by Gasteiger charge is -2.20. The summed E-state index contributed by atoms with van der Waals surface area (Å²) in [5.41, 5.74) is 6.79. The number of nitrogens with zero attached hydrogens (tertiary/aromatic N) is 1. The molecule has 3 amide bonds. The largest absolute Gasteiger partial charge is 0.495 e. The van der Waals surface area contributed by atoms with Gasteiger partial charge in [-0.3, -0.25) is 14.4 Å². The van der Waals surface area contributed by atoms with Crippen LogP contribution in [0.3, 0.4) is 0 Å². The van der Waals surface area contributed by atoms with E-state index in [2.05, 4.69) is 5.32 Å². The van der Waals surface area contributed by atoms with Gasteiger partial charge in [0.05, 0.1) is 25.3 Å². The van der Waals surface area contributed by atoms with Gasteiger partial charge in [0.25, 0.3) is 5.91 Å². The zero-order valence-corrected chi connectivity index (χ0v) is 15.2. The highest BCUT2D eigenvalue weighted by atomic mass is 16.5. The van der Waals surface area contributed by atoms with Crippen molar-refractivity contribution in [2.75, 3.05) is 18.6 Å². The van der Waals surface area contributed by atoms with E-state index < -0.39 is 11.8 Å². The van der Waals surface area contributed by atoms with E-state index in [0.29, 0.717) is 17.2 Å². The van der Waals surface area contributed by atoms with Crippen LogP contribution in [0.1, 0.15) is 28.3 Å². The molecule has 8 nitrogen and oxygen atoms in total. The molecule has 1 fully saturated rings. The molecule has 1 aromatic heterocycles. The van der Waals surface area contributed by atoms with Crippen molar-refractivity contribution in [3.8, 4) is 5.75 Å². The number of aryl methyl sites for hydroxylation is 1. The van der Waals surface area contributed by atoms with Gasteiger partial charge in [0.2, 0.25) is 11.8 Å². The first-order valence-corrected chi connectivity index (χ1v) is 8.50. The minimum Gasteiger partial charge on any atom is -0.495 e. The normalized spacial score (nSPS) is 16.4. The molecule has 0 bridgehead atoms. The van der Waals surface area contributed by atoms with E-state index in [-0.39, 0.29) is 37.1 Å². The van der Waals surface area contributed by atoms with Gasteiger partial charge in [-0.25, -0.2) is 0 Å². The number of ether oxygens (including phenoxy) is 1. The number of rotatable bonds is 6. The number of nitrogens with one attached hydrogen (secondary N) is 1. The van der Waals surface area contributed by atoms with Gasteiger partial charge in [-0.05, 0) is 36.8 Å². The predicted octanol–water partition coefficient (Wildman–Crippen LogP) is 1.36. The van der Waals surface area contributed by atoms with Crippen LogP contribution in [0, 0.1) is 12.8 Å². The van der Waals surface area contributed by atoms with E-state index in [4.69, 9.17) is 14.9 Å². The van der Waals surface area contributed by atoms with Crippen LogP contribution in [-0.2, 0) is 16.1 Å². The number of primary amides is 1. The number of carbonyl (C=O) groups excluding carboxylic acids is 3. The first-order valence-electron chi connectivity index (χ1n) is 8.50. The van der Waals surface area contributed by atoms with Gasteiger partial charge in [0.15, 0.2) is 5.76 Å². The molecule has 2 aromatic rings. The van der Waals surface area contributed by atoms with Crippen molar-refractivity contribution in [2.24, 2.45) is 11.7 Å². The Morgan fingerprint density at radius 3 is 2.78 bits per heavy atom. The van der Waals surface area contributed by atoms with Crippen LogP contribution < -0.4 is 20.7 Å². The fraction of sp³-hybridized carbons (Fsp3) is 0.316. The monoisotopic (exact) mass is 371 g/mol. The lowest BCUT2D eigenvalue weighted by molar-refractivity contribution is -0.126. The van der Waals surface area contributed by atoms with Crippen molar-refractivity contribution >= 4 is 23.4 Å². The van der Waals surface area contributed by atoms with Gasteiger partial charge in [-0.2, -0.15) is 0 Å². The van der Waals surface area contributed by atoms with Gasteiger partial charge in [-0.15, -0.1) is 0 Å². The quantitative estimate of drug-likeness (QED) is 0.796. The summed E-state index contributed by atoms with van der Waals surface area (Å²) in [6.07, 6.45) is 0.119. The molecule has 27 heavy (non-hydrogen) atoms. The Morgan fingerprint density at radius 2 is 2.11 bits per heavy atom. The predicted molar refractivity (Wildman–Crippen MR) is 97.3 cm³/mol. The van der Waals surface area contributed by atoms with Crippen LogP contribution in [0.5, 0.6) is 5.75 Å². The summed E-state index contributed by atoms with van der Waals surface area (Å²) >= 11 is 0. The van der Waals surface area contributed by atoms with Gasteiger partial charge >= 0.3 is 0 Å². The molecular formula is C19H21N3O5. The highest BCUT2D eigenvalue weighted by Gasteiger charge is 2.36. The number of benzene rings is 1. The number of furan rings is 1. The van der Waals surface area contributed by atoms with Crippen molar-refractivity contribution in [3.05, 3.63) is 47.4 Å². The number of amides is 3. The molecule has 142 valence electrons. The molecule has 0 spiro atoms. The highest BCUT2D eigenvalue weighted by molar-refractivity contribution is 6.01. The molecule has 1 aromatic carbocycles. The third-order valence-electron chi connectivity index (χ3n) is 4.46. The molecule has 1 aliphatic heterocycles. The number of nitrogens with two attached hydrogens (primary N) is 1. The Kier molecular flexibility index (Phi) is 5.16. The number of anilines is 1. The van der Waals surface area contributed by atoms with Gasteiger partial charge in [-0.1, -0.05) is 6.07 Å². The average molecular weight is 371 g/mol. The smallest absolute Gasteiger partial charge is 0.284 e. The van der Waals surface area contributed by atoms with Crippen molar-refractivity contribution in [1.29, 1.82) is 0 Å². The maximum absolute atomic E-state index is 12.4. The van der Waals surface area contributed by atoms with Crippen molar-refractivity contribution < 1.29 is 23.5 Å². The highest BCUT2D eigenvalue weighted by Crippen LogP contribution is 2.33. The molecule has 1 atom stereocenters. The van der Waals surface area contributed by atoms with E-state index >= 15 is 0 Å². The van der Waals surface area contributed by atoms with Gasteiger partial charge in [0, 0.05) is 13.0 Å². The molecule has 0 radical (unpaired) electrons.